The van der Waals surface area contributed by atoms with Crippen molar-refractivity contribution in [2.45, 2.75) is 25.7 Å². The Morgan fingerprint density at radius 3 is 2.73 bits per heavy atom. The van der Waals surface area contributed by atoms with Gasteiger partial charge in [-0.15, -0.1) is 0 Å². The lowest BCUT2D eigenvalue weighted by atomic mass is 9.97. The van der Waals surface area contributed by atoms with E-state index in [1.807, 2.05) is 17.0 Å². The number of carbonyl (C=O) groups is 1. The number of hydrogen-bond donors (Lipinski definition) is 1. The molecule has 0 unspecified atom stereocenters. The average molecular weight is 375 g/mol. The van der Waals surface area contributed by atoms with Gasteiger partial charge in [0.25, 0.3) is 0 Å². The van der Waals surface area contributed by atoms with Gasteiger partial charge in [-0.25, -0.2) is 13.1 Å². The van der Waals surface area contributed by atoms with Crippen molar-refractivity contribution in [1.82, 2.24) is 9.62 Å². The van der Waals surface area contributed by atoms with Crippen molar-refractivity contribution >= 4 is 26.7 Å². The highest BCUT2D eigenvalue weighted by Gasteiger charge is 2.24. The fourth-order valence-corrected chi connectivity index (χ4v) is 4.07. The quantitative estimate of drug-likeness (QED) is 0.845. The molecule has 1 heterocycles. The summed E-state index contributed by atoms with van der Waals surface area (Å²) >= 11 is 0. The van der Waals surface area contributed by atoms with E-state index in [4.69, 9.17) is 0 Å². The number of likely N-dealkylation sites (tertiary alicyclic amines) is 1. The van der Waals surface area contributed by atoms with Crippen LogP contribution < -0.4 is 4.72 Å². The monoisotopic (exact) mass is 374 g/mol. The second-order valence-electron chi connectivity index (χ2n) is 7.15. The van der Waals surface area contributed by atoms with Gasteiger partial charge in [0.2, 0.25) is 15.9 Å². The fourth-order valence-electron chi connectivity index (χ4n) is 3.53. The van der Waals surface area contributed by atoms with E-state index in [0.717, 1.165) is 25.8 Å². The van der Waals surface area contributed by atoms with Crippen LogP contribution in [0.5, 0.6) is 0 Å². The number of nitrogens with zero attached hydrogens (tertiary/aromatic N) is 1. The molecule has 140 valence electrons. The van der Waals surface area contributed by atoms with Crippen LogP contribution in [0, 0.1) is 5.92 Å². The number of sulfonamides is 1. The summed E-state index contributed by atoms with van der Waals surface area (Å²) in [6, 6.07) is 14.6. The van der Waals surface area contributed by atoms with Gasteiger partial charge >= 0.3 is 0 Å². The Bertz CT molecular complexity index is 880. The third-order valence-electron chi connectivity index (χ3n) is 4.95. The molecule has 5 nitrogen and oxygen atoms in total. The van der Waals surface area contributed by atoms with E-state index in [1.54, 1.807) is 0 Å². The predicted molar refractivity (Wildman–Crippen MR) is 104 cm³/mol. The smallest absolute Gasteiger partial charge is 0.222 e. The maximum absolute atomic E-state index is 12.6. The van der Waals surface area contributed by atoms with Crippen molar-refractivity contribution in [3.8, 4) is 0 Å². The Morgan fingerprint density at radius 1 is 1.19 bits per heavy atom. The Kier molecular flexibility index (Phi) is 5.94. The molecule has 2 aromatic carbocycles. The van der Waals surface area contributed by atoms with Crippen molar-refractivity contribution in [2.24, 2.45) is 5.92 Å². The molecule has 1 saturated heterocycles. The maximum Gasteiger partial charge on any atom is 0.222 e. The molecule has 26 heavy (non-hydrogen) atoms. The van der Waals surface area contributed by atoms with Crippen LogP contribution in [0.4, 0.5) is 0 Å². The van der Waals surface area contributed by atoms with Crippen molar-refractivity contribution in [2.75, 3.05) is 25.9 Å². The molecule has 0 spiro atoms. The molecular formula is C20H26N2O3S. The van der Waals surface area contributed by atoms with Crippen LogP contribution in [0.1, 0.15) is 24.8 Å². The maximum atomic E-state index is 12.6. The Labute approximate surface area is 155 Å². The minimum atomic E-state index is -3.18. The third kappa shape index (κ3) is 5.29. The summed E-state index contributed by atoms with van der Waals surface area (Å²) in [6.07, 6.45) is 4.27. The van der Waals surface area contributed by atoms with Crippen LogP contribution in [0.2, 0.25) is 0 Å². The van der Waals surface area contributed by atoms with Gasteiger partial charge < -0.3 is 4.90 Å². The van der Waals surface area contributed by atoms with Gasteiger partial charge in [0.05, 0.1) is 6.26 Å². The number of aryl methyl sites for hydroxylation is 1. The summed E-state index contributed by atoms with van der Waals surface area (Å²) in [5.41, 5.74) is 1.17. The van der Waals surface area contributed by atoms with E-state index in [9.17, 15) is 13.2 Å². The zero-order valence-corrected chi connectivity index (χ0v) is 16.0. The van der Waals surface area contributed by atoms with E-state index >= 15 is 0 Å². The summed E-state index contributed by atoms with van der Waals surface area (Å²) < 4.78 is 25.1. The van der Waals surface area contributed by atoms with E-state index < -0.39 is 10.0 Å². The van der Waals surface area contributed by atoms with Crippen LogP contribution >= 0.6 is 0 Å². The van der Waals surface area contributed by atoms with Crippen molar-refractivity contribution in [3.63, 3.8) is 0 Å². The van der Waals surface area contributed by atoms with Gasteiger partial charge in [0.15, 0.2) is 0 Å². The summed E-state index contributed by atoms with van der Waals surface area (Å²) in [5, 5.41) is 2.40. The normalized spacial score (nSPS) is 18.2. The summed E-state index contributed by atoms with van der Waals surface area (Å²) in [6.45, 7) is 1.82. The Balaban J connectivity index is 1.53. The molecule has 1 atom stereocenters. The summed E-state index contributed by atoms with van der Waals surface area (Å²) in [7, 11) is -3.18. The van der Waals surface area contributed by atoms with Crippen molar-refractivity contribution in [1.29, 1.82) is 0 Å². The number of carbonyl (C=O) groups excluding carboxylic acids is 1. The summed E-state index contributed by atoms with van der Waals surface area (Å²) in [4.78, 5) is 14.5. The zero-order valence-electron chi connectivity index (χ0n) is 15.1. The lowest BCUT2D eigenvalue weighted by Gasteiger charge is -2.33. The highest BCUT2D eigenvalue weighted by Crippen LogP contribution is 2.19. The van der Waals surface area contributed by atoms with Crippen LogP contribution in [0.15, 0.2) is 42.5 Å². The molecule has 1 aliphatic rings. The largest absolute Gasteiger partial charge is 0.342 e. The zero-order chi connectivity index (χ0) is 18.6. The van der Waals surface area contributed by atoms with E-state index in [1.165, 1.54) is 22.6 Å². The van der Waals surface area contributed by atoms with E-state index in [0.29, 0.717) is 19.5 Å². The van der Waals surface area contributed by atoms with Crippen LogP contribution in [0.3, 0.4) is 0 Å². The standard InChI is InChI=1S/C20H26N2O3S/c1-26(24,25)21-14-17-5-4-12-22(15-17)20(23)11-9-16-8-10-18-6-2-3-7-19(18)13-16/h2-3,6-8,10,13,17,21H,4-5,9,11-12,14-15H2,1H3/t17-/m0/s1. The molecule has 0 aromatic heterocycles. The number of fused-ring (bicyclic) bond motifs is 1. The third-order valence-corrected chi connectivity index (χ3v) is 5.64. The SMILES string of the molecule is CS(=O)(=O)NC[C@@H]1CCCN(C(=O)CCc2ccc3ccccc3c2)C1. The molecule has 1 fully saturated rings. The number of piperidine rings is 1. The van der Waals surface area contributed by atoms with Crippen LogP contribution in [0.25, 0.3) is 10.8 Å². The molecule has 0 radical (unpaired) electrons. The number of amides is 1. The second kappa shape index (κ2) is 8.18. The lowest BCUT2D eigenvalue weighted by molar-refractivity contribution is -0.132. The second-order valence-corrected chi connectivity index (χ2v) is 8.98. The molecule has 3 rings (SSSR count). The highest BCUT2D eigenvalue weighted by atomic mass is 32.2. The first-order chi connectivity index (χ1) is 12.4. The molecule has 1 N–H and O–H groups in total. The molecule has 1 amide bonds. The first-order valence-electron chi connectivity index (χ1n) is 9.11. The van der Waals surface area contributed by atoms with Gasteiger partial charge in [-0.05, 0) is 41.5 Å². The highest BCUT2D eigenvalue weighted by molar-refractivity contribution is 7.88. The molecule has 1 aliphatic heterocycles. The predicted octanol–water partition coefficient (Wildman–Crippen LogP) is 2.56. The average Bonchev–Trinajstić information content (AvgIpc) is 2.64. The minimum absolute atomic E-state index is 0.155. The fraction of sp³-hybridized carbons (Fsp3) is 0.450. The molecule has 0 aliphatic carbocycles. The minimum Gasteiger partial charge on any atom is -0.342 e. The number of rotatable bonds is 6. The van der Waals surface area contributed by atoms with Crippen molar-refractivity contribution < 1.29 is 13.2 Å². The molecule has 6 heteroatoms. The first kappa shape index (κ1) is 18.9. The van der Waals surface area contributed by atoms with Gasteiger partial charge in [-0.1, -0.05) is 42.5 Å². The number of hydrogen-bond acceptors (Lipinski definition) is 3. The topological polar surface area (TPSA) is 66.5 Å². The van der Waals surface area contributed by atoms with Gasteiger partial charge in [0.1, 0.15) is 0 Å². The summed E-state index contributed by atoms with van der Waals surface area (Å²) in [5.74, 6) is 0.352. The van der Waals surface area contributed by atoms with Gasteiger partial charge in [0, 0.05) is 26.1 Å². The number of benzene rings is 2. The Morgan fingerprint density at radius 2 is 1.96 bits per heavy atom. The first-order valence-corrected chi connectivity index (χ1v) is 11.0. The molecule has 2 aromatic rings. The molecular weight excluding hydrogens is 348 g/mol. The van der Waals surface area contributed by atoms with E-state index in [-0.39, 0.29) is 11.8 Å². The van der Waals surface area contributed by atoms with Gasteiger partial charge in [-0.2, -0.15) is 0 Å². The van der Waals surface area contributed by atoms with Gasteiger partial charge in [-0.3, -0.25) is 4.79 Å². The lowest BCUT2D eigenvalue weighted by Crippen LogP contribution is -2.43. The molecule has 0 saturated carbocycles. The van der Waals surface area contributed by atoms with Crippen LogP contribution in [-0.4, -0.2) is 45.1 Å². The molecule has 0 bridgehead atoms. The Hall–Kier alpha value is -1.92. The number of nitrogens with one attached hydrogen (secondary N) is 1. The van der Waals surface area contributed by atoms with Crippen LogP contribution in [-0.2, 0) is 21.2 Å². The van der Waals surface area contributed by atoms with Crippen molar-refractivity contribution in [3.05, 3.63) is 48.0 Å². The van der Waals surface area contributed by atoms with E-state index in [2.05, 4.69) is 35.1 Å².